The zero-order chi connectivity index (χ0) is 25.6. The van der Waals surface area contributed by atoms with Crippen molar-refractivity contribution in [2.45, 2.75) is 45.3 Å². The first kappa shape index (κ1) is 25.9. The van der Waals surface area contributed by atoms with Crippen molar-refractivity contribution < 1.29 is 33.3 Å². The Morgan fingerprint density at radius 3 is 2.17 bits per heavy atom. The Morgan fingerprint density at radius 1 is 0.971 bits per heavy atom. The summed E-state index contributed by atoms with van der Waals surface area (Å²) in [5.41, 5.74) is 1.14. The molecule has 2 amide bonds. The second-order valence-electron chi connectivity index (χ2n) is 8.30. The number of nitrogens with zero attached hydrogens (tertiary/aromatic N) is 2. The van der Waals surface area contributed by atoms with Crippen LogP contribution in [0.5, 0.6) is 11.5 Å². The van der Waals surface area contributed by atoms with E-state index in [1.807, 2.05) is 36.4 Å². The first-order chi connectivity index (χ1) is 16.8. The summed E-state index contributed by atoms with van der Waals surface area (Å²) in [6, 6.07) is 12.9. The summed E-state index contributed by atoms with van der Waals surface area (Å²) >= 11 is 0. The van der Waals surface area contributed by atoms with Crippen LogP contribution < -0.4 is 9.47 Å². The predicted molar refractivity (Wildman–Crippen MR) is 128 cm³/mol. The van der Waals surface area contributed by atoms with Crippen LogP contribution in [-0.2, 0) is 38.5 Å². The SMILES string of the molecule is CCOC(=O)C1(N(C(C)=O)N(C)C(=O)OCc2ccccc2)CCc2cc(OC)c(OC)cc2C1. The Labute approximate surface area is 205 Å². The molecular formula is C26H32N2O7. The highest BCUT2D eigenvalue weighted by atomic mass is 16.6. The maximum Gasteiger partial charge on any atom is 0.428 e. The molecule has 1 aliphatic rings. The molecule has 0 fully saturated rings. The highest BCUT2D eigenvalue weighted by molar-refractivity contribution is 5.89. The van der Waals surface area contributed by atoms with Gasteiger partial charge in [0.2, 0.25) is 5.91 Å². The average molecular weight is 485 g/mol. The molecule has 0 aliphatic heterocycles. The van der Waals surface area contributed by atoms with Gasteiger partial charge in [0, 0.05) is 20.4 Å². The van der Waals surface area contributed by atoms with Crippen LogP contribution >= 0.6 is 0 Å². The molecule has 1 atom stereocenters. The highest BCUT2D eigenvalue weighted by Crippen LogP contribution is 2.40. The van der Waals surface area contributed by atoms with Crippen LogP contribution in [0.4, 0.5) is 4.79 Å². The number of aryl methyl sites for hydroxylation is 1. The van der Waals surface area contributed by atoms with Crippen LogP contribution in [0.2, 0.25) is 0 Å². The van der Waals surface area contributed by atoms with E-state index in [0.717, 1.165) is 26.7 Å². The van der Waals surface area contributed by atoms with Crippen molar-refractivity contribution in [1.29, 1.82) is 0 Å². The smallest absolute Gasteiger partial charge is 0.428 e. The van der Waals surface area contributed by atoms with Gasteiger partial charge in [-0.3, -0.25) is 4.79 Å². The van der Waals surface area contributed by atoms with Crippen molar-refractivity contribution in [2.24, 2.45) is 0 Å². The highest BCUT2D eigenvalue weighted by Gasteiger charge is 2.52. The molecule has 0 N–H and O–H groups in total. The minimum absolute atomic E-state index is 0.0298. The lowest BCUT2D eigenvalue weighted by Gasteiger charge is -2.46. The zero-order valence-electron chi connectivity index (χ0n) is 20.8. The number of hydrazine groups is 1. The number of benzene rings is 2. The van der Waals surface area contributed by atoms with Crippen LogP contribution in [0.1, 0.15) is 37.0 Å². The number of fused-ring (bicyclic) bond motifs is 1. The molecule has 0 saturated heterocycles. The van der Waals surface area contributed by atoms with E-state index in [4.69, 9.17) is 18.9 Å². The average Bonchev–Trinajstić information content (AvgIpc) is 2.86. The van der Waals surface area contributed by atoms with Gasteiger partial charge in [-0.05, 0) is 48.6 Å². The van der Waals surface area contributed by atoms with Gasteiger partial charge in [-0.25, -0.2) is 19.6 Å². The quantitative estimate of drug-likeness (QED) is 0.438. The van der Waals surface area contributed by atoms with Crippen molar-refractivity contribution in [1.82, 2.24) is 10.0 Å². The number of amides is 2. The van der Waals surface area contributed by atoms with Gasteiger partial charge >= 0.3 is 12.1 Å². The minimum atomic E-state index is -1.44. The lowest BCUT2D eigenvalue weighted by atomic mass is 9.77. The molecule has 9 nitrogen and oxygen atoms in total. The maximum atomic E-state index is 13.4. The van der Waals surface area contributed by atoms with Crippen molar-refractivity contribution in [3.05, 3.63) is 59.2 Å². The molecule has 0 bridgehead atoms. The molecule has 0 aromatic heterocycles. The van der Waals surface area contributed by atoms with Crippen LogP contribution in [-0.4, -0.2) is 61.4 Å². The molecule has 0 saturated carbocycles. The summed E-state index contributed by atoms with van der Waals surface area (Å²) < 4.78 is 21.7. The summed E-state index contributed by atoms with van der Waals surface area (Å²) in [6.07, 6.45) is 0.0955. The van der Waals surface area contributed by atoms with Crippen molar-refractivity contribution in [3.8, 4) is 11.5 Å². The molecule has 9 heteroatoms. The van der Waals surface area contributed by atoms with E-state index in [2.05, 4.69) is 0 Å². The van der Waals surface area contributed by atoms with Crippen molar-refractivity contribution >= 4 is 18.0 Å². The van der Waals surface area contributed by atoms with Gasteiger partial charge < -0.3 is 18.9 Å². The van der Waals surface area contributed by atoms with E-state index < -0.39 is 23.5 Å². The molecule has 0 radical (unpaired) electrons. The summed E-state index contributed by atoms with van der Waals surface area (Å²) in [6.45, 7) is 3.17. The van der Waals surface area contributed by atoms with Gasteiger partial charge in [-0.15, -0.1) is 0 Å². The Kier molecular flexibility index (Phi) is 8.22. The Balaban J connectivity index is 1.96. The summed E-state index contributed by atoms with van der Waals surface area (Å²) in [5, 5.41) is 2.23. The second kappa shape index (κ2) is 11.1. The summed E-state index contributed by atoms with van der Waals surface area (Å²) in [4.78, 5) is 39.3. The maximum absolute atomic E-state index is 13.4. The molecule has 0 spiro atoms. The Morgan fingerprint density at radius 2 is 1.60 bits per heavy atom. The number of ether oxygens (including phenoxy) is 4. The number of esters is 1. The van der Waals surface area contributed by atoms with Crippen LogP contribution in [0, 0.1) is 0 Å². The first-order valence-corrected chi connectivity index (χ1v) is 11.4. The molecule has 3 rings (SSSR count). The largest absolute Gasteiger partial charge is 0.493 e. The molecule has 188 valence electrons. The Hall–Kier alpha value is -3.75. The molecule has 0 heterocycles. The first-order valence-electron chi connectivity index (χ1n) is 11.4. The third-order valence-corrected chi connectivity index (χ3v) is 6.13. The van der Waals surface area contributed by atoms with E-state index in [1.165, 1.54) is 21.1 Å². The minimum Gasteiger partial charge on any atom is -0.493 e. The third-order valence-electron chi connectivity index (χ3n) is 6.13. The lowest BCUT2D eigenvalue weighted by molar-refractivity contribution is -0.181. The standard InChI is InChI=1S/C26H32N2O7/c1-6-34-24(30)26(13-12-20-14-22(32-4)23(33-5)15-21(20)16-26)28(18(2)29)27(3)25(31)35-17-19-10-8-7-9-11-19/h7-11,14-15H,6,12-13,16-17H2,1-5H3. The lowest BCUT2D eigenvalue weighted by Crippen LogP contribution is -2.66. The molecule has 35 heavy (non-hydrogen) atoms. The number of hydrogen-bond acceptors (Lipinski definition) is 7. The number of carbonyl (C=O) groups is 3. The molecule has 2 aromatic rings. The van der Waals surface area contributed by atoms with Gasteiger partial charge in [0.25, 0.3) is 0 Å². The fraction of sp³-hybridized carbons (Fsp3) is 0.423. The topological polar surface area (TPSA) is 94.6 Å². The van der Waals surface area contributed by atoms with Crippen molar-refractivity contribution in [3.63, 3.8) is 0 Å². The van der Waals surface area contributed by atoms with Crippen LogP contribution in [0.3, 0.4) is 0 Å². The molecule has 1 unspecified atom stereocenters. The van der Waals surface area contributed by atoms with Crippen molar-refractivity contribution in [2.75, 3.05) is 27.9 Å². The Bertz CT molecular complexity index is 1070. The van der Waals surface area contributed by atoms with E-state index >= 15 is 0 Å². The van der Waals surface area contributed by atoms with E-state index in [-0.39, 0.29) is 26.1 Å². The summed E-state index contributed by atoms with van der Waals surface area (Å²) in [5.74, 6) is 0.0234. The number of rotatable bonds is 7. The second-order valence-corrected chi connectivity index (χ2v) is 8.30. The van der Waals surface area contributed by atoms with Crippen LogP contribution in [0.25, 0.3) is 0 Å². The van der Waals surface area contributed by atoms with E-state index in [1.54, 1.807) is 20.1 Å². The van der Waals surface area contributed by atoms with Crippen LogP contribution in [0.15, 0.2) is 42.5 Å². The van der Waals surface area contributed by atoms with E-state index in [0.29, 0.717) is 17.9 Å². The van der Waals surface area contributed by atoms with Gasteiger partial charge in [-0.1, -0.05) is 30.3 Å². The molecular weight excluding hydrogens is 452 g/mol. The normalized spacial score (nSPS) is 16.5. The predicted octanol–water partition coefficient (Wildman–Crippen LogP) is 3.53. The molecule has 1 aliphatic carbocycles. The fourth-order valence-electron chi connectivity index (χ4n) is 4.51. The molecule has 2 aromatic carbocycles. The van der Waals surface area contributed by atoms with Gasteiger partial charge in [0.05, 0.1) is 20.8 Å². The van der Waals surface area contributed by atoms with E-state index in [9.17, 15) is 14.4 Å². The number of hydrogen-bond donors (Lipinski definition) is 0. The van der Waals surface area contributed by atoms with Gasteiger partial charge in [0.1, 0.15) is 6.61 Å². The monoisotopic (exact) mass is 484 g/mol. The fourth-order valence-corrected chi connectivity index (χ4v) is 4.51. The van der Waals surface area contributed by atoms with Gasteiger partial charge in [0.15, 0.2) is 17.0 Å². The van der Waals surface area contributed by atoms with Gasteiger partial charge in [-0.2, -0.15) is 0 Å². The zero-order valence-corrected chi connectivity index (χ0v) is 20.8. The number of carbonyl (C=O) groups excluding carboxylic acids is 3. The summed E-state index contributed by atoms with van der Waals surface area (Å²) in [7, 11) is 4.51. The third kappa shape index (κ3) is 5.34. The number of methoxy groups -OCH3 is 2.